The second-order valence-corrected chi connectivity index (χ2v) is 10.1. The number of para-hydroxylation sites is 2. The van der Waals surface area contributed by atoms with Crippen molar-refractivity contribution in [1.82, 2.24) is 25.2 Å². The molecule has 3 amide bonds. The number of aliphatic hydroxyl groups excluding tert-OH is 1. The van der Waals surface area contributed by atoms with Crippen LogP contribution in [0.15, 0.2) is 54.6 Å². The lowest BCUT2D eigenvalue weighted by Gasteiger charge is -2.33. The molecule has 6 rings (SSSR count). The number of nitrogens with zero attached hydrogens (tertiary/aromatic N) is 4. The minimum Gasteiger partial charge on any atom is -0.395 e. The number of rotatable bonds is 7. The molecule has 3 aromatic rings. The molecule has 2 aromatic carbocycles. The lowest BCUT2D eigenvalue weighted by atomic mass is 9.66. The lowest BCUT2D eigenvalue weighted by molar-refractivity contribution is -0.145. The van der Waals surface area contributed by atoms with Crippen molar-refractivity contribution < 1.29 is 24.2 Å². The third kappa shape index (κ3) is 3.52. The highest BCUT2D eigenvalue weighted by atomic mass is 16.5. The Bertz CT molecular complexity index is 1380. The summed E-state index contributed by atoms with van der Waals surface area (Å²) >= 11 is 0. The normalized spacial score (nSPS) is 30.1. The predicted molar refractivity (Wildman–Crippen MR) is 132 cm³/mol. The molecule has 192 valence electrons. The van der Waals surface area contributed by atoms with Crippen molar-refractivity contribution in [2.75, 3.05) is 18.5 Å². The first-order valence-electron chi connectivity index (χ1n) is 12.4. The van der Waals surface area contributed by atoms with Gasteiger partial charge in [-0.15, -0.1) is 5.10 Å². The van der Waals surface area contributed by atoms with E-state index in [0.717, 1.165) is 5.52 Å². The number of nitrogens with one attached hydrogen (secondary N) is 2. The van der Waals surface area contributed by atoms with Crippen LogP contribution in [0.2, 0.25) is 0 Å². The monoisotopic (exact) mass is 504 g/mol. The van der Waals surface area contributed by atoms with E-state index in [1.165, 1.54) is 4.90 Å². The molecule has 1 aromatic heterocycles. The Morgan fingerprint density at radius 1 is 1.11 bits per heavy atom. The van der Waals surface area contributed by atoms with Crippen LogP contribution in [0.5, 0.6) is 0 Å². The van der Waals surface area contributed by atoms with Crippen LogP contribution in [-0.4, -0.2) is 73.1 Å². The molecule has 2 bridgehead atoms. The summed E-state index contributed by atoms with van der Waals surface area (Å²) < 4.78 is 8.10. The summed E-state index contributed by atoms with van der Waals surface area (Å²) in [4.78, 5) is 42.3. The molecule has 3 aliphatic heterocycles. The minimum absolute atomic E-state index is 0.0332. The van der Waals surface area contributed by atoms with Crippen LogP contribution in [0.4, 0.5) is 5.69 Å². The molecule has 3 saturated heterocycles. The first-order valence-corrected chi connectivity index (χ1v) is 12.4. The molecule has 2 unspecified atom stereocenters. The van der Waals surface area contributed by atoms with E-state index in [1.807, 2.05) is 49.4 Å². The zero-order valence-corrected chi connectivity index (χ0v) is 20.3. The fourth-order valence-corrected chi connectivity index (χ4v) is 6.50. The molecule has 5 atom stereocenters. The quantitative estimate of drug-likeness (QED) is 0.435. The molecule has 3 fully saturated rings. The van der Waals surface area contributed by atoms with Gasteiger partial charge in [0, 0.05) is 12.2 Å². The molecular formula is C26H28N6O5. The van der Waals surface area contributed by atoms with E-state index in [-0.39, 0.29) is 31.6 Å². The summed E-state index contributed by atoms with van der Waals surface area (Å²) in [6.07, 6.45) is 0.995. The van der Waals surface area contributed by atoms with Crippen molar-refractivity contribution in [1.29, 1.82) is 0 Å². The van der Waals surface area contributed by atoms with E-state index < -0.39 is 35.0 Å². The maximum absolute atomic E-state index is 13.7. The number of amides is 3. The summed E-state index contributed by atoms with van der Waals surface area (Å²) in [5.41, 5.74) is 0.0438. The van der Waals surface area contributed by atoms with Crippen molar-refractivity contribution in [2.24, 2.45) is 11.8 Å². The van der Waals surface area contributed by atoms with Crippen molar-refractivity contribution in [3.05, 3.63) is 54.6 Å². The smallest absolute Gasteiger partial charge is 0.247 e. The molecule has 3 aliphatic rings. The fourth-order valence-electron chi connectivity index (χ4n) is 6.50. The van der Waals surface area contributed by atoms with Crippen LogP contribution in [-0.2, 0) is 25.8 Å². The number of carbonyl (C=O) groups is 3. The van der Waals surface area contributed by atoms with Gasteiger partial charge in [-0.25, -0.2) is 4.68 Å². The maximum atomic E-state index is 13.7. The molecule has 0 saturated carbocycles. The van der Waals surface area contributed by atoms with Crippen LogP contribution in [0.3, 0.4) is 0 Å². The highest BCUT2D eigenvalue weighted by Crippen LogP contribution is 2.63. The van der Waals surface area contributed by atoms with Crippen LogP contribution >= 0.6 is 0 Å². The van der Waals surface area contributed by atoms with Gasteiger partial charge < -0.3 is 25.4 Å². The predicted octanol–water partition coefficient (Wildman–Crippen LogP) is 0.901. The standard InChI is InChI=1S/C26H28N6O5/c1-25-11-12-26(37-25)20(19(25)22(34)28-16-7-3-2-4-8-16)24(36)31(13-14-33)21(26)23(35)27-15-32-18-10-6-5-9-17(18)29-30-32/h2-10,19-21,33H,11-15H2,1H3,(H,27,35)(H,28,34)/t19-,20+,21?,25+,26?/m1/s1. The number of hydrogen-bond donors (Lipinski definition) is 3. The van der Waals surface area contributed by atoms with Gasteiger partial charge in [-0.3, -0.25) is 14.4 Å². The molecule has 3 N–H and O–H groups in total. The van der Waals surface area contributed by atoms with Crippen LogP contribution in [0.1, 0.15) is 19.8 Å². The van der Waals surface area contributed by atoms with Crippen LogP contribution in [0.25, 0.3) is 11.0 Å². The van der Waals surface area contributed by atoms with Gasteiger partial charge in [0.15, 0.2) is 0 Å². The Labute approximate surface area is 212 Å². The topological polar surface area (TPSA) is 139 Å². The largest absolute Gasteiger partial charge is 0.395 e. The van der Waals surface area contributed by atoms with E-state index in [0.29, 0.717) is 24.0 Å². The maximum Gasteiger partial charge on any atom is 0.247 e. The third-order valence-corrected chi connectivity index (χ3v) is 8.01. The zero-order valence-electron chi connectivity index (χ0n) is 20.3. The van der Waals surface area contributed by atoms with Gasteiger partial charge in [-0.1, -0.05) is 35.5 Å². The number of fused-ring (bicyclic) bond motifs is 2. The van der Waals surface area contributed by atoms with E-state index in [1.54, 1.807) is 16.8 Å². The van der Waals surface area contributed by atoms with Gasteiger partial charge in [0.2, 0.25) is 17.7 Å². The summed E-state index contributed by atoms with van der Waals surface area (Å²) in [6.45, 7) is 1.54. The summed E-state index contributed by atoms with van der Waals surface area (Å²) in [7, 11) is 0. The Hall–Kier alpha value is -3.83. The number of hydrogen-bond acceptors (Lipinski definition) is 7. The SMILES string of the molecule is C[C@@]12CCC3(O1)C(C(=O)NCn1nnc4ccccc41)N(CCO)C(=O)[C@@H]3[C@@H]2C(=O)Nc1ccccc1. The van der Waals surface area contributed by atoms with Gasteiger partial charge in [-0.2, -0.15) is 0 Å². The number of aromatic nitrogens is 3. The van der Waals surface area contributed by atoms with Gasteiger partial charge >= 0.3 is 0 Å². The zero-order chi connectivity index (χ0) is 25.8. The minimum atomic E-state index is -1.16. The number of likely N-dealkylation sites (tertiary alicyclic amines) is 1. The fraction of sp³-hybridized carbons (Fsp3) is 0.423. The summed E-state index contributed by atoms with van der Waals surface area (Å²) in [5.74, 6) is -2.68. The van der Waals surface area contributed by atoms with Gasteiger partial charge in [0.1, 0.15) is 23.8 Å². The highest BCUT2D eigenvalue weighted by Gasteiger charge is 2.77. The Kier molecular flexibility index (Phi) is 5.50. The average Bonchev–Trinajstić information content (AvgIpc) is 3.59. The van der Waals surface area contributed by atoms with Crippen molar-refractivity contribution in [3.8, 4) is 0 Å². The average molecular weight is 505 g/mol. The van der Waals surface area contributed by atoms with Crippen LogP contribution < -0.4 is 10.6 Å². The third-order valence-electron chi connectivity index (χ3n) is 8.01. The van der Waals surface area contributed by atoms with E-state index in [2.05, 4.69) is 20.9 Å². The van der Waals surface area contributed by atoms with Gasteiger partial charge in [-0.05, 0) is 44.0 Å². The number of aliphatic hydroxyl groups is 1. The molecule has 1 spiro atoms. The highest BCUT2D eigenvalue weighted by molar-refractivity contribution is 6.02. The molecule has 11 heteroatoms. The molecular weight excluding hydrogens is 476 g/mol. The molecule has 37 heavy (non-hydrogen) atoms. The van der Waals surface area contributed by atoms with Crippen LogP contribution in [0, 0.1) is 11.8 Å². The molecule has 0 radical (unpaired) electrons. The van der Waals surface area contributed by atoms with Gasteiger partial charge in [0.25, 0.3) is 0 Å². The lowest BCUT2D eigenvalue weighted by Crippen LogP contribution is -2.55. The number of benzene rings is 2. The number of β-amino-alcohol motifs (C(OH)–C–C–N with tert-alkyl or cyclic N) is 1. The van der Waals surface area contributed by atoms with E-state index >= 15 is 0 Å². The Morgan fingerprint density at radius 3 is 2.65 bits per heavy atom. The number of ether oxygens (including phenoxy) is 1. The Morgan fingerprint density at radius 2 is 1.86 bits per heavy atom. The van der Waals surface area contributed by atoms with Crippen molar-refractivity contribution in [2.45, 2.75) is 43.7 Å². The first kappa shape index (κ1) is 23.6. The first-order chi connectivity index (χ1) is 17.9. The van der Waals surface area contributed by atoms with Crippen molar-refractivity contribution >= 4 is 34.4 Å². The van der Waals surface area contributed by atoms with Gasteiger partial charge in [0.05, 0.1) is 29.6 Å². The summed E-state index contributed by atoms with van der Waals surface area (Å²) in [5, 5.41) is 23.7. The second kappa shape index (κ2) is 8.63. The summed E-state index contributed by atoms with van der Waals surface area (Å²) in [6, 6.07) is 15.5. The molecule has 0 aliphatic carbocycles. The van der Waals surface area contributed by atoms with Crippen molar-refractivity contribution in [3.63, 3.8) is 0 Å². The number of carbonyl (C=O) groups excluding carboxylic acids is 3. The molecule has 4 heterocycles. The Balaban J connectivity index is 1.29. The van der Waals surface area contributed by atoms with E-state index in [4.69, 9.17) is 4.74 Å². The molecule has 11 nitrogen and oxygen atoms in total. The number of anilines is 1. The second-order valence-electron chi connectivity index (χ2n) is 10.1. The van der Waals surface area contributed by atoms with E-state index in [9.17, 15) is 19.5 Å².